The normalized spacial score (nSPS) is 13.1. The molecule has 0 atom stereocenters. The highest BCUT2D eigenvalue weighted by Gasteiger charge is 2.26. The van der Waals surface area contributed by atoms with Gasteiger partial charge in [0.2, 0.25) is 0 Å². The second-order valence-electron chi connectivity index (χ2n) is 6.65. The van der Waals surface area contributed by atoms with Crippen molar-refractivity contribution < 1.29 is 9.53 Å². The van der Waals surface area contributed by atoms with Crippen LogP contribution in [0.3, 0.4) is 0 Å². The van der Waals surface area contributed by atoms with Crippen molar-refractivity contribution in [2.24, 2.45) is 0 Å². The highest BCUT2D eigenvalue weighted by molar-refractivity contribution is 5.94. The molecular formula is C24H23NO2. The van der Waals surface area contributed by atoms with E-state index in [4.69, 9.17) is 4.74 Å². The van der Waals surface area contributed by atoms with Gasteiger partial charge in [-0.15, -0.1) is 0 Å². The van der Waals surface area contributed by atoms with Crippen LogP contribution >= 0.6 is 0 Å². The smallest absolute Gasteiger partial charge is 0.330 e. The lowest BCUT2D eigenvalue weighted by Gasteiger charge is -2.09. The molecule has 0 saturated carbocycles. The lowest BCUT2D eigenvalue weighted by molar-refractivity contribution is -0.137. The lowest BCUT2D eigenvalue weighted by Crippen LogP contribution is -2.00. The zero-order valence-corrected chi connectivity index (χ0v) is 15.5. The molecule has 2 heterocycles. The van der Waals surface area contributed by atoms with E-state index in [0.29, 0.717) is 6.61 Å². The quantitative estimate of drug-likeness (QED) is 0.456. The van der Waals surface area contributed by atoms with Crippen LogP contribution in [0.4, 0.5) is 0 Å². The number of aromatic nitrogens is 1. The van der Waals surface area contributed by atoms with Crippen LogP contribution in [0.1, 0.15) is 24.7 Å². The summed E-state index contributed by atoms with van der Waals surface area (Å²) >= 11 is 0. The molecular weight excluding hydrogens is 334 g/mol. The van der Waals surface area contributed by atoms with Gasteiger partial charge in [0.1, 0.15) is 0 Å². The average molecular weight is 357 g/mol. The van der Waals surface area contributed by atoms with Crippen LogP contribution in [0, 0.1) is 0 Å². The summed E-state index contributed by atoms with van der Waals surface area (Å²) in [7, 11) is 0. The molecule has 0 N–H and O–H groups in total. The SMILES string of the molecule is CCOC(=O)/C=C/c1c(-c2ccccc2)c(-c2ccccc2)c2n1CCC2. The summed E-state index contributed by atoms with van der Waals surface area (Å²) in [6.45, 7) is 3.18. The largest absolute Gasteiger partial charge is 0.463 e. The summed E-state index contributed by atoms with van der Waals surface area (Å²) in [5, 5.41) is 0. The first kappa shape index (κ1) is 17.3. The molecule has 0 saturated heterocycles. The van der Waals surface area contributed by atoms with E-state index in [9.17, 15) is 4.79 Å². The van der Waals surface area contributed by atoms with Crippen molar-refractivity contribution in [3.05, 3.63) is 78.1 Å². The molecule has 0 fully saturated rings. The second-order valence-corrected chi connectivity index (χ2v) is 6.65. The monoisotopic (exact) mass is 357 g/mol. The number of esters is 1. The van der Waals surface area contributed by atoms with Gasteiger partial charge in [0.15, 0.2) is 0 Å². The maximum Gasteiger partial charge on any atom is 0.330 e. The third kappa shape index (κ3) is 3.33. The highest BCUT2D eigenvalue weighted by Crippen LogP contribution is 2.43. The minimum absolute atomic E-state index is 0.300. The van der Waals surface area contributed by atoms with E-state index < -0.39 is 0 Å². The van der Waals surface area contributed by atoms with Gasteiger partial charge in [0, 0.05) is 35.1 Å². The van der Waals surface area contributed by atoms with Gasteiger partial charge in [-0.3, -0.25) is 0 Å². The first-order valence-electron chi connectivity index (χ1n) is 9.50. The Labute approximate surface area is 159 Å². The zero-order chi connectivity index (χ0) is 18.6. The van der Waals surface area contributed by atoms with Gasteiger partial charge in [-0.2, -0.15) is 0 Å². The minimum atomic E-state index is -0.300. The van der Waals surface area contributed by atoms with Crippen LogP contribution in [-0.4, -0.2) is 17.1 Å². The van der Waals surface area contributed by atoms with Crippen molar-refractivity contribution in [3.8, 4) is 22.3 Å². The highest BCUT2D eigenvalue weighted by atomic mass is 16.5. The Morgan fingerprint density at radius 3 is 2.26 bits per heavy atom. The van der Waals surface area contributed by atoms with Gasteiger partial charge in [-0.05, 0) is 37.0 Å². The van der Waals surface area contributed by atoms with Crippen LogP contribution in [0.2, 0.25) is 0 Å². The number of ether oxygens (including phenoxy) is 1. The Morgan fingerprint density at radius 2 is 1.63 bits per heavy atom. The Kier molecular flexibility index (Phi) is 4.93. The number of carbonyl (C=O) groups excluding carboxylic acids is 1. The van der Waals surface area contributed by atoms with Crippen LogP contribution in [-0.2, 0) is 22.5 Å². The third-order valence-corrected chi connectivity index (χ3v) is 5.00. The Morgan fingerprint density at radius 1 is 1.00 bits per heavy atom. The lowest BCUT2D eigenvalue weighted by atomic mass is 9.93. The molecule has 3 aromatic rings. The summed E-state index contributed by atoms with van der Waals surface area (Å²) in [4.78, 5) is 11.9. The molecule has 136 valence electrons. The third-order valence-electron chi connectivity index (χ3n) is 5.00. The maximum atomic E-state index is 11.9. The molecule has 0 aliphatic carbocycles. The number of carbonyl (C=O) groups is 1. The van der Waals surface area contributed by atoms with Crippen LogP contribution < -0.4 is 0 Å². The number of hydrogen-bond donors (Lipinski definition) is 0. The van der Waals surface area contributed by atoms with Gasteiger partial charge < -0.3 is 9.30 Å². The molecule has 1 aliphatic heterocycles. The van der Waals surface area contributed by atoms with Crippen molar-refractivity contribution in [1.82, 2.24) is 4.57 Å². The average Bonchev–Trinajstić information content (AvgIpc) is 3.28. The fraction of sp³-hybridized carbons (Fsp3) is 0.208. The van der Waals surface area contributed by atoms with Crippen LogP contribution in [0.25, 0.3) is 28.3 Å². The predicted molar refractivity (Wildman–Crippen MR) is 109 cm³/mol. The first-order chi connectivity index (χ1) is 13.3. The molecule has 0 radical (unpaired) electrons. The summed E-state index contributed by atoms with van der Waals surface area (Å²) < 4.78 is 7.45. The van der Waals surface area contributed by atoms with E-state index in [2.05, 4.69) is 53.1 Å². The fourth-order valence-corrected chi connectivity index (χ4v) is 3.93. The molecule has 0 spiro atoms. The second kappa shape index (κ2) is 7.67. The maximum absolute atomic E-state index is 11.9. The number of benzene rings is 2. The standard InChI is InChI=1S/C24H23NO2/c1-2-27-22(26)16-15-21-24(19-12-7-4-8-13-19)23(18-10-5-3-6-11-18)20-14-9-17-25(20)21/h3-8,10-13,15-16H,2,9,14,17H2,1H3/b16-15+. The number of hydrogen-bond acceptors (Lipinski definition) is 2. The van der Waals surface area contributed by atoms with Gasteiger partial charge in [-0.25, -0.2) is 4.79 Å². The Hall–Kier alpha value is -3.07. The van der Waals surface area contributed by atoms with Crippen molar-refractivity contribution in [3.63, 3.8) is 0 Å². The molecule has 3 nitrogen and oxygen atoms in total. The van der Waals surface area contributed by atoms with Crippen molar-refractivity contribution in [2.45, 2.75) is 26.3 Å². The van der Waals surface area contributed by atoms with Gasteiger partial charge in [0.25, 0.3) is 0 Å². The molecule has 3 heteroatoms. The van der Waals surface area contributed by atoms with E-state index in [1.54, 1.807) is 6.08 Å². The summed E-state index contributed by atoms with van der Waals surface area (Å²) in [6, 6.07) is 21.0. The molecule has 1 aliphatic rings. The predicted octanol–water partition coefficient (Wildman–Crippen LogP) is 5.34. The van der Waals surface area contributed by atoms with E-state index in [-0.39, 0.29) is 5.97 Å². The number of nitrogens with zero attached hydrogens (tertiary/aromatic N) is 1. The molecule has 0 amide bonds. The van der Waals surface area contributed by atoms with E-state index >= 15 is 0 Å². The topological polar surface area (TPSA) is 31.2 Å². The van der Waals surface area contributed by atoms with Crippen LogP contribution in [0.15, 0.2) is 66.7 Å². The van der Waals surface area contributed by atoms with E-state index in [1.807, 2.05) is 25.1 Å². The zero-order valence-electron chi connectivity index (χ0n) is 15.5. The Bertz CT molecular complexity index is 969. The Balaban J connectivity index is 1.94. The van der Waals surface area contributed by atoms with Crippen molar-refractivity contribution >= 4 is 12.0 Å². The summed E-state index contributed by atoms with van der Waals surface area (Å²) in [6.07, 6.45) is 5.65. The first-order valence-corrected chi connectivity index (χ1v) is 9.50. The number of fused-ring (bicyclic) bond motifs is 1. The van der Waals surface area contributed by atoms with E-state index in [1.165, 1.54) is 27.9 Å². The van der Waals surface area contributed by atoms with E-state index in [0.717, 1.165) is 25.1 Å². The molecule has 1 aromatic heterocycles. The summed E-state index contributed by atoms with van der Waals surface area (Å²) in [5.41, 5.74) is 7.29. The van der Waals surface area contributed by atoms with Crippen molar-refractivity contribution in [2.75, 3.05) is 6.61 Å². The van der Waals surface area contributed by atoms with Gasteiger partial charge >= 0.3 is 5.97 Å². The fourth-order valence-electron chi connectivity index (χ4n) is 3.93. The molecule has 0 unspecified atom stereocenters. The number of rotatable bonds is 5. The molecule has 0 bridgehead atoms. The van der Waals surface area contributed by atoms with Crippen molar-refractivity contribution in [1.29, 1.82) is 0 Å². The minimum Gasteiger partial charge on any atom is -0.463 e. The van der Waals surface area contributed by atoms with Gasteiger partial charge in [0.05, 0.1) is 6.61 Å². The molecule has 2 aromatic carbocycles. The molecule has 4 rings (SSSR count). The van der Waals surface area contributed by atoms with Crippen LogP contribution in [0.5, 0.6) is 0 Å². The van der Waals surface area contributed by atoms with Gasteiger partial charge in [-0.1, -0.05) is 60.7 Å². The molecule has 27 heavy (non-hydrogen) atoms. The summed E-state index contributed by atoms with van der Waals surface area (Å²) in [5.74, 6) is -0.300.